The Morgan fingerprint density at radius 2 is 1.89 bits per heavy atom. The summed E-state index contributed by atoms with van der Waals surface area (Å²) in [4.78, 5) is 0. The van der Waals surface area contributed by atoms with E-state index in [1.54, 1.807) is 0 Å². The summed E-state index contributed by atoms with van der Waals surface area (Å²) >= 11 is 0. The summed E-state index contributed by atoms with van der Waals surface area (Å²) in [5.74, 6) is 1.72. The molecule has 3 rings (SSSR count). The Kier molecular flexibility index (Phi) is 3.73. The van der Waals surface area contributed by atoms with Crippen molar-refractivity contribution in [3.8, 4) is 0 Å². The smallest absolute Gasteiger partial charge is 0.299 e. The third-order valence-electron chi connectivity index (χ3n) is 4.71. The number of hydrogen-bond donors (Lipinski definition) is 0. The highest BCUT2D eigenvalue weighted by atomic mass is 16.4. The van der Waals surface area contributed by atoms with E-state index in [0.29, 0.717) is 6.92 Å². The normalized spacial score (nSPS) is 27.5. The van der Waals surface area contributed by atoms with Gasteiger partial charge < -0.3 is 4.65 Å². The third kappa shape index (κ3) is 2.63. The molecule has 4 heteroatoms. The van der Waals surface area contributed by atoms with Crippen LogP contribution >= 0.6 is 0 Å². The lowest BCUT2D eigenvalue weighted by Gasteiger charge is -2.39. The topological polar surface area (TPSA) is 18.0 Å². The SMILES string of the molecule is C[n+]1ccn(CCOB2C3CCCC2CCC3)c1. The van der Waals surface area contributed by atoms with Gasteiger partial charge >= 0.3 is 0 Å². The Bertz CT molecular complexity index is 371. The number of hydrogen-bond acceptors (Lipinski definition) is 1. The van der Waals surface area contributed by atoms with Crippen LogP contribution in [-0.2, 0) is 18.2 Å². The molecule has 2 aliphatic rings. The van der Waals surface area contributed by atoms with Crippen LogP contribution in [0.15, 0.2) is 18.7 Å². The van der Waals surface area contributed by atoms with E-state index in [4.69, 9.17) is 4.65 Å². The predicted octanol–water partition coefficient (Wildman–Crippen LogP) is 2.43. The Hall–Kier alpha value is -0.765. The molecule has 0 saturated carbocycles. The molecule has 3 heterocycles. The highest BCUT2D eigenvalue weighted by molar-refractivity contribution is 6.56. The van der Waals surface area contributed by atoms with Gasteiger partial charge in [-0.3, -0.25) is 0 Å². The fraction of sp³-hybridized carbons (Fsp3) is 0.786. The average Bonchev–Trinajstić information content (AvgIpc) is 2.75. The van der Waals surface area contributed by atoms with Crippen molar-refractivity contribution in [1.29, 1.82) is 0 Å². The van der Waals surface area contributed by atoms with E-state index in [1.807, 2.05) is 0 Å². The van der Waals surface area contributed by atoms with Gasteiger partial charge in [-0.25, -0.2) is 9.13 Å². The van der Waals surface area contributed by atoms with E-state index in [-0.39, 0.29) is 0 Å². The molecule has 2 saturated heterocycles. The molecule has 2 bridgehead atoms. The molecule has 0 amide bonds. The standard InChI is InChI=1S/C14H24BN2O/c1-16-8-9-17(12-16)10-11-18-15-13-4-2-5-14(15)7-3-6-13/h8-9,12-14H,2-7,10-11H2,1H3/q+1. The minimum absolute atomic E-state index is 0.566. The van der Waals surface area contributed by atoms with E-state index >= 15 is 0 Å². The van der Waals surface area contributed by atoms with Gasteiger partial charge in [0.25, 0.3) is 6.92 Å². The molecule has 18 heavy (non-hydrogen) atoms. The molecule has 3 nitrogen and oxygen atoms in total. The molecule has 0 aromatic carbocycles. The van der Waals surface area contributed by atoms with Gasteiger partial charge in [0.05, 0.1) is 13.7 Å². The van der Waals surface area contributed by atoms with Gasteiger partial charge in [-0.05, 0) is 11.6 Å². The number of aromatic nitrogens is 2. The first-order chi connectivity index (χ1) is 8.83. The van der Waals surface area contributed by atoms with Gasteiger partial charge in [0, 0.05) is 0 Å². The maximum atomic E-state index is 6.23. The summed E-state index contributed by atoms with van der Waals surface area (Å²) in [5, 5.41) is 0. The minimum Gasteiger partial charge on any atom is -0.431 e. The summed E-state index contributed by atoms with van der Waals surface area (Å²) in [7, 11) is 2.06. The molecule has 2 fully saturated rings. The van der Waals surface area contributed by atoms with Crippen LogP contribution in [0.25, 0.3) is 0 Å². The maximum absolute atomic E-state index is 6.23. The van der Waals surface area contributed by atoms with Crippen LogP contribution in [-0.4, -0.2) is 18.1 Å². The van der Waals surface area contributed by atoms with E-state index in [9.17, 15) is 0 Å². The number of fused-ring (bicyclic) bond motifs is 2. The minimum atomic E-state index is 0.566. The highest BCUT2D eigenvalue weighted by Crippen LogP contribution is 2.46. The van der Waals surface area contributed by atoms with Crippen LogP contribution in [0, 0.1) is 0 Å². The second-order valence-corrected chi connectivity index (χ2v) is 6.03. The summed E-state index contributed by atoms with van der Waals surface area (Å²) in [6, 6.07) is 0. The number of aryl methyl sites for hydroxylation is 1. The van der Waals surface area contributed by atoms with Crippen molar-refractivity contribution in [3.63, 3.8) is 0 Å². The number of imidazole rings is 1. The molecule has 0 aliphatic carbocycles. The lowest BCUT2D eigenvalue weighted by molar-refractivity contribution is -0.671. The van der Waals surface area contributed by atoms with E-state index in [0.717, 1.165) is 24.8 Å². The number of rotatable bonds is 4. The molecule has 0 radical (unpaired) electrons. The molecule has 1 aromatic rings. The molecule has 1 aromatic heterocycles. The van der Waals surface area contributed by atoms with E-state index < -0.39 is 0 Å². The van der Waals surface area contributed by atoms with Crippen molar-refractivity contribution in [2.24, 2.45) is 7.05 Å². The zero-order chi connectivity index (χ0) is 12.4. The molecular weight excluding hydrogens is 223 g/mol. The summed E-state index contributed by atoms with van der Waals surface area (Å²) in [6.45, 7) is 2.42. The van der Waals surface area contributed by atoms with Crippen molar-refractivity contribution in [1.82, 2.24) is 4.57 Å². The fourth-order valence-corrected chi connectivity index (χ4v) is 3.82. The Morgan fingerprint density at radius 1 is 1.22 bits per heavy atom. The van der Waals surface area contributed by atoms with E-state index in [1.165, 1.54) is 38.5 Å². The van der Waals surface area contributed by atoms with Crippen molar-refractivity contribution in [3.05, 3.63) is 18.7 Å². The Labute approximate surface area is 110 Å². The van der Waals surface area contributed by atoms with Crippen molar-refractivity contribution >= 4 is 6.92 Å². The van der Waals surface area contributed by atoms with Gasteiger partial charge in [0.15, 0.2) is 0 Å². The van der Waals surface area contributed by atoms with Crippen LogP contribution in [0.2, 0.25) is 11.6 Å². The third-order valence-corrected chi connectivity index (χ3v) is 4.71. The molecule has 0 N–H and O–H groups in total. The monoisotopic (exact) mass is 247 g/mol. The molecule has 98 valence electrons. The van der Waals surface area contributed by atoms with Crippen molar-refractivity contribution in [2.45, 2.75) is 56.7 Å². The second-order valence-electron chi connectivity index (χ2n) is 6.03. The molecule has 0 spiro atoms. The van der Waals surface area contributed by atoms with Crippen LogP contribution in [0.4, 0.5) is 0 Å². The lowest BCUT2D eigenvalue weighted by Crippen LogP contribution is -2.38. The summed E-state index contributed by atoms with van der Waals surface area (Å²) in [6.07, 6.45) is 14.8. The first kappa shape index (κ1) is 12.3. The van der Waals surface area contributed by atoms with Crippen LogP contribution < -0.4 is 4.57 Å². The molecular formula is C14H24BN2O+. The van der Waals surface area contributed by atoms with Crippen LogP contribution in [0.1, 0.15) is 38.5 Å². The predicted molar refractivity (Wildman–Crippen MR) is 72.5 cm³/mol. The Balaban J connectivity index is 1.50. The van der Waals surface area contributed by atoms with Gasteiger partial charge in [-0.2, -0.15) is 0 Å². The van der Waals surface area contributed by atoms with Crippen molar-refractivity contribution < 1.29 is 9.22 Å². The second kappa shape index (κ2) is 5.47. The van der Waals surface area contributed by atoms with Crippen LogP contribution in [0.3, 0.4) is 0 Å². The van der Waals surface area contributed by atoms with Gasteiger partial charge in [0.1, 0.15) is 18.9 Å². The average molecular weight is 247 g/mol. The molecule has 0 unspecified atom stereocenters. The number of nitrogens with zero attached hydrogens (tertiary/aromatic N) is 2. The summed E-state index contributed by atoms with van der Waals surface area (Å²) in [5.41, 5.74) is 0. The van der Waals surface area contributed by atoms with Gasteiger partial charge in [0.2, 0.25) is 6.33 Å². The first-order valence-electron chi connectivity index (χ1n) is 7.45. The summed E-state index contributed by atoms with van der Waals surface area (Å²) < 4.78 is 10.5. The highest BCUT2D eigenvalue weighted by Gasteiger charge is 2.40. The zero-order valence-corrected chi connectivity index (χ0v) is 11.4. The maximum Gasteiger partial charge on any atom is 0.299 e. The molecule has 0 atom stereocenters. The molecule has 2 aliphatic heterocycles. The van der Waals surface area contributed by atoms with E-state index in [2.05, 4.69) is 34.9 Å². The fourth-order valence-electron chi connectivity index (χ4n) is 3.82. The van der Waals surface area contributed by atoms with Crippen molar-refractivity contribution in [2.75, 3.05) is 6.61 Å². The quantitative estimate of drug-likeness (QED) is 0.590. The van der Waals surface area contributed by atoms with Crippen LogP contribution in [0.5, 0.6) is 0 Å². The zero-order valence-electron chi connectivity index (χ0n) is 11.4. The lowest BCUT2D eigenvalue weighted by atomic mass is 9.38. The van der Waals surface area contributed by atoms with Gasteiger partial charge in [-0.1, -0.05) is 38.5 Å². The first-order valence-corrected chi connectivity index (χ1v) is 7.45. The Morgan fingerprint density at radius 3 is 2.44 bits per heavy atom. The van der Waals surface area contributed by atoms with Gasteiger partial charge in [-0.15, -0.1) is 0 Å². The largest absolute Gasteiger partial charge is 0.431 e.